The first-order chi connectivity index (χ1) is 15.4. The van der Waals surface area contributed by atoms with Crippen LogP contribution in [0.4, 0.5) is 14.5 Å². The molecule has 0 saturated carbocycles. The largest absolute Gasteiger partial charge is 0.586 e. The summed E-state index contributed by atoms with van der Waals surface area (Å²) in [6.45, 7) is 4.20. The number of rotatable bonds is 8. The molecule has 11 heteroatoms. The number of nitrogens with one attached hydrogen (secondary N) is 1. The van der Waals surface area contributed by atoms with Gasteiger partial charge in [0.1, 0.15) is 5.75 Å². The Balaban J connectivity index is 1.46. The number of para-hydroxylation sites is 1. The average molecular weight is 460 g/mol. The van der Waals surface area contributed by atoms with Crippen molar-refractivity contribution in [2.45, 2.75) is 18.0 Å². The van der Waals surface area contributed by atoms with Crippen LogP contribution in [0.1, 0.15) is 0 Å². The summed E-state index contributed by atoms with van der Waals surface area (Å²) in [6, 6.07) is 11.4. The van der Waals surface area contributed by atoms with Crippen molar-refractivity contribution in [2.24, 2.45) is 0 Å². The SMILES string of the molecule is C=CCn1c(SCC(=O)Nc2ccc3c(c2)OC(F)(F)O3)nnc1-c1ccccc1OC. The number of thioether (sulfide) groups is 1. The number of alkyl halides is 2. The van der Waals surface area contributed by atoms with Crippen molar-refractivity contribution in [3.05, 3.63) is 55.1 Å². The number of ether oxygens (including phenoxy) is 3. The third-order valence-corrected chi connectivity index (χ3v) is 5.36. The Morgan fingerprint density at radius 2 is 2.03 bits per heavy atom. The van der Waals surface area contributed by atoms with Crippen LogP contribution < -0.4 is 19.5 Å². The summed E-state index contributed by atoms with van der Waals surface area (Å²) in [6.07, 6.45) is -2.01. The molecular formula is C21H18F2N4O4S. The zero-order valence-electron chi connectivity index (χ0n) is 16.9. The second kappa shape index (κ2) is 8.87. The van der Waals surface area contributed by atoms with Crippen molar-refractivity contribution in [3.63, 3.8) is 0 Å². The summed E-state index contributed by atoms with van der Waals surface area (Å²) in [5.41, 5.74) is 1.07. The van der Waals surface area contributed by atoms with Gasteiger partial charge in [-0.15, -0.1) is 25.6 Å². The van der Waals surface area contributed by atoms with E-state index in [9.17, 15) is 13.6 Å². The molecule has 3 aromatic rings. The molecule has 2 heterocycles. The van der Waals surface area contributed by atoms with Crippen molar-refractivity contribution >= 4 is 23.4 Å². The molecule has 32 heavy (non-hydrogen) atoms. The van der Waals surface area contributed by atoms with Crippen LogP contribution >= 0.6 is 11.8 Å². The third-order valence-electron chi connectivity index (χ3n) is 4.39. The lowest BCUT2D eigenvalue weighted by Gasteiger charge is -2.10. The Morgan fingerprint density at radius 1 is 1.25 bits per heavy atom. The molecule has 1 N–H and O–H groups in total. The normalized spacial score (nSPS) is 13.6. The second-order valence-corrected chi connectivity index (χ2v) is 7.51. The van der Waals surface area contributed by atoms with Crippen LogP contribution in [0.25, 0.3) is 11.4 Å². The molecular weight excluding hydrogens is 442 g/mol. The summed E-state index contributed by atoms with van der Waals surface area (Å²) in [5.74, 6) is 0.657. The van der Waals surface area contributed by atoms with Crippen molar-refractivity contribution in [1.29, 1.82) is 0 Å². The number of aromatic nitrogens is 3. The minimum Gasteiger partial charge on any atom is -0.496 e. The van der Waals surface area contributed by atoms with Gasteiger partial charge in [0, 0.05) is 18.3 Å². The Labute approximate surface area is 186 Å². The molecule has 0 aliphatic carbocycles. The predicted octanol–water partition coefficient (Wildman–Crippen LogP) is 4.19. The molecule has 1 amide bonds. The third kappa shape index (κ3) is 4.52. The number of nitrogens with zero attached hydrogens (tertiary/aromatic N) is 3. The fourth-order valence-corrected chi connectivity index (χ4v) is 3.82. The van der Waals surface area contributed by atoms with E-state index in [-0.39, 0.29) is 23.2 Å². The van der Waals surface area contributed by atoms with E-state index in [0.29, 0.717) is 29.0 Å². The van der Waals surface area contributed by atoms with E-state index in [0.717, 1.165) is 5.56 Å². The maximum atomic E-state index is 13.1. The Kier molecular flexibility index (Phi) is 5.99. The van der Waals surface area contributed by atoms with Gasteiger partial charge >= 0.3 is 6.29 Å². The second-order valence-electron chi connectivity index (χ2n) is 6.57. The molecule has 1 aliphatic heterocycles. The molecule has 2 aromatic carbocycles. The lowest BCUT2D eigenvalue weighted by atomic mass is 10.2. The number of allylic oxidation sites excluding steroid dienone is 1. The van der Waals surface area contributed by atoms with Gasteiger partial charge in [0.05, 0.1) is 18.4 Å². The Bertz CT molecular complexity index is 1170. The molecule has 0 atom stereocenters. The van der Waals surface area contributed by atoms with E-state index < -0.39 is 6.29 Å². The van der Waals surface area contributed by atoms with Gasteiger partial charge < -0.3 is 19.5 Å². The van der Waals surface area contributed by atoms with Crippen LogP contribution in [0.3, 0.4) is 0 Å². The number of halogens is 2. The number of fused-ring (bicyclic) bond motifs is 1. The van der Waals surface area contributed by atoms with E-state index in [1.165, 1.54) is 30.0 Å². The van der Waals surface area contributed by atoms with Crippen LogP contribution in [-0.4, -0.2) is 39.8 Å². The number of carbonyl (C=O) groups is 1. The smallest absolute Gasteiger partial charge is 0.496 e. The van der Waals surface area contributed by atoms with Crippen LogP contribution in [0.15, 0.2) is 60.3 Å². The molecule has 0 radical (unpaired) electrons. The molecule has 0 unspecified atom stereocenters. The monoisotopic (exact) mass is 460 g/mol. The van der Waals surface area contributed by atoms with Gasteiger partial charge in [-0.3, -0.25) is 9.36 Å². The quantitative estimate of drug-likeness (QED) is 0.398. The fourth-order valence-electron chi connectivity index (χ4n) is 3.07. The Morgan fingerprint density at radius 3 is 2.81 bits per heavy atom. The van der Waals surface area contributed by atoms with E-state index in [4.69, 9.17) is 4.74 Å². The van der Waals surface area contributed by atoms with Gasteiger partial charge in [0.25, 0.3) is 0 Å². The first-order valence-corrected chi connectivity index (χ1v) is 10.4. The van der Waals surface area contributed by atoms with Crippen LogP contribution in [0.2, 0.25) is 0 Å². The van der Waals surface area contributed by atoms with Crippen LogP contribution in [0.5, 0.6) is 17.2 Å². The molecule has 0 saturated heterocycles. The van der Waals surface area contributed by atoms with Gasteiger partial charge in [0.15, 0.2) is 22.5 Å². The summed E-state index contributed by atoms with van der Waals surface area (Å²) in [4.78, 5) is 12.4. The number of hydrogen-bond acceptors (Lipinski definition) is 7. The number of anilines is 1. The lowest BCUT2D eigenvalue weighted by Crippen LogP contribution is -2.25. The number of methoxy groups -OCH3 is 1. The molecule has 1 aliphatic rings. The summed E-state index contributed by atoms with van der Waals surface area (Å²) < 4.78 is 42.3. The molecule has 1 aromatic heterocycles. The van der Waals surface area contributed by atoms with Gasteiger partial charge in [-0.1, -0.05) is 30.0 Å². The zero-order valence-corrected chi connectivity index (χ0v) is 17.7. The highest BCUT2D eigenvalue weighted by Crippen LogP contribution is 2.42. The predicted molar refractivity (Wildman–Crippen MR) is 114 cm³/mol. The minimum absolute atomic E-state index is 0.0196. The van der Waals surface area contributed by atoms with Crippen molar-refractivity contribution < 1.29 is 27.8 Å². The first-order valence-electron chi connectivity index (χ1n) is 9.40. The standard InChI is InChI=1S/C21H18F2N4O4S/c1-3-10-27-19(14-6-4-5-7-15(14)29-2)25-26-20(27)32-12-18(28)24-13-8-9-16-17(11-13)31-21(22,23)30-16/h3-9,11H,1,10,12H2,2H3,(H,24,28). The zero-order chi connectivity index (χ0) is 22.7. The number of carbonyl (C=O) groups excluding carboxylic acids is 1. The molecule has 4 rings (SSSR count). The maximum absolute atomic E-state index is 13.1. The highest BCUT2D eigenvalue weighted by atomic mass is 32.2. The summed E-state index contributed by atoms with van der Waals surface area (Å²) in [5, 5.41) is 11.6. The van der Waals surface area contributed by atoms with Crippen molar-refractivity contribution in [2.75, 3.05) is 18.2 Å². The van der Waals surface area contributed by atoms with E-state index in [1.54, 1.807) is 13.2 Å². The number of amides is 1. The molecule has 0 fully saturated rings. The van der Waals surface area contributed by atoms with E-state index >= 15 is 0 Å². The lowest BCUT2D eigenvalue weighted by molar-refractivity contribution is -0.286. The average Bonchev–Trinajstić information content (AvgIpc) is 3.30. The van der Waals surface area contributed by atoms with Gasteiger partial charge in [0.2, 0.25) is 5.91 Å². The molecule has 166 valence electrons. The van der Waals surface area contributed by atoms with Gasteiger partial charge in [-0.25, -0.2) is 0 Å². The fraction of sp³-hybridized carbons (Fsp3) is 0.190. The minimum atomic E-state index is -3.71. The Hall–Kier alpha value is -3.60. The number of hydrogen-bond donors (Lipinski definition) is 1. The highest BCUT2D eigenvalue weighted by molar-refractivity contribution is 7.99. The van der Waals surface area contributed by atoms with E-state index in [1.807, 2.05) is 28.8 Å². The maximum Gasteiger partial charge on any atom is 0.586 e. The number of benzene rings is 2. The van der Waals surface area contributed by atoms with Gasteiger partial charge in [-0.05, 0) is 24.3 Å². The molecule has 8 nitrogen and oxygen atoms in total. The summed E-state index contributed by atoms with van der Waals surface area (Å²) in [7, 11) is 1.57. The van der Waals surface area contributed by atoms with Crippen molar-refractivity contribution in [3.8, 4) is 28.6 Å². The highest BCUT2D eigenvalue weighted by Gasteiger charge is 2.43. The first kappa shape index (κ1) is 21.6. The van der Waals surface area contributed by atoms with Crippen LogP contribution in [0, 0.1) is 0 Å². The topological polar surface area (TPSA) is 87.5 Å². The van der Waals surface area contributed by atoms with Crippen LogP contribution in [-0.2, 0) is 11.3 Å². The van der Waals surface area contributed by atoms with Gasteiger partial charge in [-0.2, -0.15) is 0 Å². The summed E-state index contributed by atoms with van der Waals surface area (Å²) >= 11 is 1.18. The van der Waals surface area contributed by atoms with E-state index in [2.05, 4.69) is 31.6 Å². The van der Waals surface area contributed by atoms with Crippen molar-refractivity contribution in [1.82, 2.24) is 14.8 Å². The molecule has 0 spiro atoms. The molecule has 0 bridgehead atoms.